The first-order valence-corrected chi connectivity index (χ1v) is 7.78. The van der Waals surface area contributed by atoms with Crippen LogP contribution in [0, 0.1) is 0 Å². The molecule has 0 saturated carbocycles. The number of rotatable bonds is 11. The highest BCUT2D eigenvalue weighted by Gasteiger charge is 2.11. The molecule has 4 heteroatoms. The zero-order chi connectivity index (χ0) is 15.5. The van der Waals surface area contributed by atoms with Gasteiger partial charge in [-0.05, 0) is 32.6 Å². The highest BCUT2D eigenvalue weighted by Crippen LogP contribution is 2.02. The Balaban J connectivity index is 2.24. The van der Waals surface area contributed by atoms with Crippen LogP contribution in [0.4, 0.5) is 0 Å². The molecule has 1 N–H and O–H groups in total. The number of likely N-dealkylation sites (N-methyl/N-ethyl adjacent to an activating group) is 1. The molecule has 1 aromatic rings. The summed E-state index contributed by atoms with van der Waals surface area (Å²) in [4.78, 5) is 4.47. The van der Waals surface area contributed by atoms with Gasteiger partial charge in [0.1, 0.15) is 0 Å². The van der Waals surface area contributed by atoms with Gasteiger partial charge >= 0.3 is 0 Å². The van der Waals surface area contributed by atoms with Gasteiger partial charge in [0.2, 0.25) is 0 Å². The molecule has 0 aliphatic rings. The lowest BCUT2D eigenvalue weighted by molar-refractivity contribution is 0.00913. The average molecular weight is 294 g/mol. The molecule has 4 nitrogen and oxygen atoms in total. The van der Waals surface area contributed by atoms with Gasteiger partial charge in [0.15, 0.2) is 0 Å². The third-order valence-corrected chi connectivity index (χ3v) is 3.29. The number of benzene rings is 1. The van der Waals surface area contributed by atoms with E-state index in [4.69, 9.17) is 4.74 Å². The summed E-state index contributed by atoms with van der Waals surface area (Å²) in [5.74, 6) is 0. The van der Waals surface area contributed by atoms with Crippen LogP contribution in [0.1, 0.15) is 18.9 Å². The molecule has 0 bridgehead atoms. The summed E-state index contributed by atoms with van der Waals surface area (Å²) in [6.07, 6.45) is 0.674. The lowest BCUT2D eigenvalue weighted by atomic mass is 10.2. The molecule has 0 saturated heterocycles. The van der Waals surface area contributed by atoms with Crippen LogP contribution in [-0.2, 0) is 11.3 Å². The van der Waals surface area contributed by atoms with Crippen molar-refractivity contribution in [2.45, 2.75) is 26.1 Å². The van der Waals surface area contributed by atoms with Crippen LogP contribution in [0.3, 0.4) is 0 Å². The van der Waals surface area contributed by atoms with Gasteiger partial charge in [0, 0.05) is 19.6 Å². The monoisotopic (exact) mass is 294 g/mol. The van der Waals surface area contributed by atoms with E-state index >= 15 is 0 Å². The first-order chi connectivity index (χ1) is 10.1. The standard InChI is InChI=1S/C17H30N2O2/c1-4-10-19(12-11-18(2)3)13-17(20)15-21-14-16-8-6-5-7-9-16/h5-9,17,20H,4,10-15H2,1-3H3. The van der Waals surface area contributed by atoms with Gasteiger partial charge in [-0.3, -0.25) is 4.90 Å². The fourth-order valence-corrected chi connectivity index (χ4v) is 2.19. The van der Waals surface area contributed by atoms with Gasteiger partial charge in [-0.25, -0.2) is 0 Å². The van der Waals surface area contributed by atoms with Crippen LogP contribution < -0.4 is 0 Å². The van der Waals surface area contributed by atoms with E-state index in [-0.39, 0.29) is 0 Å². The van der Waals surface area contributed by atoms with Crippen molar-refractivity contribution in [2.24, 2.45) is 0 Å². The molecule has 120 valence electrons. The first kappa shape index (κ1) is 18.1. The van der Waals surface area contributed by atoms with Crippen molar-refractivity contribution in [1.82, 2.24) is 9.80 Å². The number of nitrogens with zero attached hydrogens (tertiary/aromatic N) is 2. The Morgan fingerprint density at radius 3 is 2.43 bits per heavy atom. The Morgan fingerprint density at radius 2 is 1.81 bits per heavy atom. The summed E-state index contributed by atoms with van der Waals surface area (Å²) in [7, 11) is 4.15. The molecule has 0 aromatic heterocycles. The lowest BCUT2D eigenvalue weighted by Crippen LogP contribution is -2.39. The normalized spacial score (nSPS) is 13.0. The number of aliphatic hydroxyl groups is 1. The van der Waals surface area contributed by atoms with E-state index in [1.54, 1.807) is 0 Å². The van der Waals surface area contributed by atoms with Crippen LogP contribution in [-0.4, -0.2) is 67.9 Å². The summed E-state index contributed by atoms with van der Waals surface area (Å²) in [5.41, 5.74) is 1.14. The molecule has 21 heavy (non-hydrogen) atoms. The Bertz CT molecular complexity index is 357. The number of hydrogen-bond acceptors (Lipinski definition) is 4. The number of hydrogen-bond donors (Lipinski definition) is 1. The summed E-state index contributed by atoms with van der Waals surface area (Å²) in [5, 5.41) is 10.1. The van der Waals surface area contributed by atoms with E-state index in [1.165, 1.54) is 0 Å². The van der Waals surface area contributed by atoms with Crippen molar-refractivity contribution >= 4 is 0 Å². The molecule has 0 heterocycles. The van der Waals surface area contributed by atoms with Gasteiger partial charge in [-0.15, -0.1) is 0 Å². The van der Waals surface area contributed by atoms with Crippen molar-refractivity contribution in [3.05, 3.63) is 35.9 Å². The Labute approximate surface area is 129 Å². The molecular weight excluding hydrogens is 264 g/mol. The minimum absolute atomic E-state index is 0.386. The maximum atomic E-state index is 10.1. The number of aliphatic hydroxyl groups excluding tert-OH is 1. The highest BCUT2D eigenvalue weighted by atomic mass is 16.5. The van der Waals surface area contributed by atoms with Gasteiger partial charge in [0.25, 0.3) is 0 Å². The van der Waals surface area contributed by atoms with Gasteiger partial charge < -0.3 is 14.7 Å². The zero-order valence-corrected chi connectivity index (χ0v) is 13.7. The Hall–Kier alpha value is -0.940. The van der Waals surface area contributed by atoms with Crippen molar-refractivity contribution in [1.29, 1.82) is 0 Å². The van der Waals surface area contributed by atoms with Crippen molar-refractivity contribution in [2.75, 3.05) is 46.9 Å². The SMILES string of the molecule is CCCN(CCN(C)C)CC(O)COCc1ccccc1. The summed E-state index contributed by atoms with van der Waals surface area (Å²) >= 11 is 0. The molecule has 0 amide bonds. The summed E-state index contributed by atoms with van der Waals surface area (Å²) < 4.78 is 5.60. The smallest absolute Gasteiger partial charge is 0.0900 e. The molecule has 0 fully saturated rings. The lowest BCUT2D eigenvalue weighted by Gasteiger charge is -2.26. The number of ether oxygens (including phenoxy) is 1. The molecule has 1 atom stereocenters. The average Bonchev–Trinajstić information content (AvgIpc) is 2.46. The minimum atomic E-state index is -0.428. The van der Waals surface area contributed by atoms with Gasteiger partial charge in [0.05, 0.1) is 19.3 Å². The second kappa shape index (κ2) is 10.7. The highest BCUT2D eigenvalue weighted by molar-refractivity contribution is 5.13. The molecule has 1 aromatic carbocycles. The fraction of sp³-hybridized carbons (Fsp3) is 0.647. The van der Waals surface area contributed by atoms with Crippen molar-refractivity contribution in [3.8, 4) is 0 Å². The van der Waals surface area contributed by atoms with Crippen LogP contribution in [0.25, 0.3) is 0 Å². The Morgan fingerprint density at radius 1 is 1.10 bits per heavy atom. The minimum Gasteiger partial charge on any atom is -0.389 e. The second-order valence-electron chi connectivity index (χ2n) is 5.76. The first-order valence-electron chi connectivity index (χ1n) is 7.78. The fourth-order valence-electron chi connectivity index (χ4n) is 2.19. The molecule has 0 radical (unpaired) electrons. The summed E-state index contributed by atoms with van der Waals surface area (Å²) in [6.45, 7) is 6.80. The second-order valence-corrected chi connectivity index (χ2v) is 5.76. The van der Waals surface area contributed by atoms with Crippen molar-refractivity contribution < 1.29 is 9.84 Å². The third-order valence-electron chi connectivity index (χ3n) is 3.29. The zero-order valence-electron chi connectivity index (χ0n) is 13.7. The molecule has 0 aliphatic carbocycles. The predicted octanol–water partition coefficient (Wildman–Crippen LogP) is 1.84. The maximum absolute atomic E-state index is 10.1. The quantitative estimate of drug-likeness (QED) is 0.675. The molecular formula is C17H30N2O2. The van der Waals surface area contributed by atoms with Gasteiger partial charge in [-0.1, -0.05) is 37.3 Å². The van der Waals surface area contributed by atoms with E-state index in [9.17, 15) is 5.11 Å². The maximum Gasteiger partial charge on any atom is 0.0900 e. The van der Waals surface area contributed by atoms with Gasteiger partial charge in [-0.2, -0.15) is 0 Å². The molecule has 1 unspecified atom stereocenters. The van der Waals surface area contributed by atoms with E-state index in [2.05, 4.69) is 30.8 Å². The Kier molecular flexibility index (Phi) is 9.26. The van der Waals surface area contributed by atoms with Crippen LogP contribution in [0.2, 0.25) is 0 Å². The summed E-state index contributed by atoms with van der Waals surface area (Å²) in [6, 6.07) is 10.1. The van der Waals surface area contributed by atoms with E-state index < -0.39 is 6.10 Å². The van der Waals surface area contributed by atoms with Crippen molar-refractivity contribution in [3.63, 3.8) is 0 Å². The largest absolute Gasteiger partial charge is 0.389 e. The van der Waals surface area contributed by atoms with E-state index in [0.29, 0.717) is 19.8 Å². The predicted molar refractivity (Wildman–Crippen MR) is 87.4 cm³/mol. The third kappa shape index (κ3) is 8.83. The topological polar surface area (TPSA) is 35.9 Å². The van der Waals surface area contributed by atoms with E-state index in [0.717, 1.165) is 31.6 Å². The van der Waals surface area contributed by atoms with Crippen LogP contribution in [0.15, 0.2) is 30.3 Å². The van der Waals surface area contributed by atoms with Crippen LogP contribution >= 0.6 is 0 Å². The van der Waals surface area contributed by atoms with Crippen LogP contribution in [0.5, 0.6) is 0 Å². The molecule has 0 aliphatic heterocycles. The molecule has 1 rings (SSSR count). The molecule has 0 spiro atoms. The van der Waals surface area contributed by atoms with E-state index in [1.807, 2.05) is 30.3 Å².